The van der Waals surface area contributed by atoms with Crippen molar-refractivity contribution in [3.8, 4) is 0 Å². The third kappa shape index (κ3) is 5.69. The molecule has 0 radical (unpaired) electrons. The van der Waals surface area contributed by atoms with E-state index in [0.717, 1.165) is 17.3 Å². The molecular weight excluding hydrogens is 505 g/mol. The SMILES string of the molecule is O=C(OCc1ccc(Cl)cc1Cl)[C@H](Cc1ccccc1)NS(=O)(=O)c1cccc2nsnc12. The van der Waals surface area contributed by atoms with E-state index in [1.165, 1.54) is 6.07 Å². The first-order valence-electron chi connectivity index (χ1n) is 9.71. The van der Waals surface area contributed by atoms with Crippen molar-refractivity contribution >= 4 is 62.0 Å². The van der Waals surface area contributed by atoms with Crippen LogP contribution in [0.25, 0.3) is 11.0 Å². The van der Waals surface area contributed by atoms with Gasteiger partial charge in [-0.3, -0.25) is 4.79 Å². The average Bonchev–Trinajstić information content (AvgIpc) is 3.27. The summed E-state index contributed by atoms with van der Waals surface area (Å²) in [6.07, 6.45) is 0.0958. The van der Waals surface area contributed by atoms with E-state index < -0.39 is 22.0 Å². The van der Waals surface area contributed by atoms with E-state index in [1.54, 1.807) is 54.6 Å². The summed E-state index contributed by atoms with van der Waals surface area (Å²) in [5, 5.41) is 0.800. The monoisotopic (exact) mass is 521 g/mol. The molecule has 1 N–H and O–H groups in total. The van der Waals surface area contributed by atoms with Crippen molar-refractivity contribution in [1.29, 1.82) is 0 Å². The molecule has 3 aromatic carbocycles. The van der Waals surface area contributed by atoms with Crippen molar-refractivity contribution in [3.63, 3.8) is 0 Å². The maximum atomic E-state index is 13.2. The second-order valence-corrected chi connectivity index (χ2v) is 10.1. The lowest BCUT2D eigenvalue weighted by Gasteiger charge is -2.18. The zero-order valence-electron chi connectivity index (χ0n) is 16.9. The molecule has 0 saturated carbocycles. The Hall–Kier alpha value is -2.56. The molecule has 0 aliphatic carbocycles. The predicted octanol–water partition coefficient (Wildman–Crippen LogP) is 4.63. The van der Waals surface area contributed by atoms with Crippen LogP contribution >= 0.6 is 34.9 Å². The van der Waals surface area contributed by atoms with Gasteiger partial charge in [-0.25, -0.2) is 8.42 Å². The highest BCUT2D eigenvalue weighted by Gasteiger charge is 2.29. The van der Waals surface area contributed by atoms with Crippen LogP contribution in [-0.4, -0.2) is 29.2 Å². The Morgan fingerprint density at radius 2 is 1.82 bits per heavy atom. The third-order valence-electron chi connectivity index (χ3n) is 4.79. The highest BCUT2D eigenvalue weighted by atomic mass is 35.5. The van der Waals surface area contributed by atoms with Gasteiger partial charge in [0.2, 0.25) is 10.0 Å². The number of fused-ring (bicyclic) bond motifs is 1. The summed E-state index contributed by atoms with van der Waals surface area (Å²) in [5.74, 6) is -0.739. The predicted molar refractivity (Wildman–Crippen MR) is 128 cm³/mol. The van der Waals surface area contributed by atoms with Gasteiger partial charge in [0.15, 0.2) is 0 Å². The van der Waals surface area contributed by atoms with Crippen LogP contribution in [0.4, 0.5) is 0 Å². The molecule has 0 bridgehead atoms. The Kier molecular flexibility index (Phi) is 7.26. The Balaban J connectivity index is 1.59. The minimum absolute atomic E-state index is 0.0552. The van der Waals surface area contributed by atoms with Crippen molar-refractivity contribution in [1.82, 2.24) is 13.5 Å². The molecule has 0 unspecified atom stereocenters. The summed E-state index contributed by atoms with van der Waals surface area (Å²) in [4.78, 5) is 12.9. The number of halogens is 2. The first-order chi connectivity index (χ1) is 15.8. The topological polar surface area (TPSA) is 98.2 Å². The Morgan fingerprint density at radius 3 is 2.58 bits per heavy atom. The first-order valence-corrected chi connectivity index (χ1v) is 12.7. The maximum Gasteiger partial charge on any atom is 0.324 e. The third-order valence-corrected chi connectivity index (χ3v) is 7.42. The summed E-state index contributed by atoms with van der Waals surface area (Å²) in [7, 11) is -4.11. The highest BCUT2D eigenvalue weighted by molar-refractivity contribution is 7.89. The standard InChI is InChI=1S/C22H17Cl2N3O4S2/c23-16-10-9-15(17(24)12-16)13-31-22(28)19(11-14-5-2-1-3-6-14)27-33(29,30)20-8-4-7-18-21(20)26-32-25-18/h1-10,12,19,27H,11,13H2/t19-/m0/s1. The van der Waals surface area contributed by atoms with Gasteiger partial charge in [-0.1, -0.05) is 65.7 Å². The van der Waals surface area contributed by atoms with E-state index in [2.05, 4.69) is 13.5 Å². The Morgan fingerprint density at radius 1 is 1.03 bits per heavy atom. The molecule has 0 spiro atoms. The van der Waals surface area contributed by atoms with Crippen LogP contribution < -0.4 is 4.72 Å². The lowest BCUT2D eigenvalue weighted by atomic mass is 10.1. The molecule has 1 heterocycles. The van der Waals surface area contributed by atoms with E-state index in [9.17, 15) is 13.2 Å². The van der Waals surface area contributed by atoms with Gasteiger partial charge in [-0.2, -0.15) is 13.5 Å². The number of carbonyl (C=O) groups is 1. The van der Waals surface area contributed by atoms with E-state index in [1.807, 2.05) is 6.07 Å². The molecule has 0 saturated heterocycles. The number of nitrogens with one attached hydrogen (secondary N) is 1. The molecule has 11 heteroatoms. The lowest BCUT2D eigenvalue weighted by molar-refractivity contribution is -0.147. The van der Waals surface area contributed by atoms with Gasteiger partial charge in [0, 0.05) is 15.6 Å². The molecule has 4 aromatic rings. The number of hydrogen-bond donors (Lipinski definition) is 1. The van der Waals surface area contributed by atoms with Gasteiger partial charge in [0.1, 0.15) is 28.6 Å². The average molecular weight is 522 g/mol. The van der Waals surface area contributed by atoms with Gasteiger partial charge in [-0.05, 0) is 36.2 Å². The molecule has 0 amide bonds. The molecule has 7 nitrogen and oxygen atoms in total. The van der Waals surface area contributed by atoms with E-state index in [4.69, 9.17) is 27.9 Å². The quantitative estimate of drug-likeness (QED) is 0.339. The Bertz CT molecular complexity index is 1400. The number of esters is 1. The fourth-order valence-corrected chi connectivity index (χ4v) is 5.57. The van der Waals surface area contributed by atoms with Gasteiger partial charge in [0.05, 0.1) is 11.7 Å². The minimum atomic E-state index is -4.11. The van der Waals surface area contributed by atoms with Crippen LogP contribution in [0.15, 0.2) is 71.6 Å². The van der Waals surface area contributed by atoms with Crippen molar-refractivity contribution in [2.24, 2.45) is 0 Å². The van der Waals surface area contributed by atoms with Gasteiger partial charge >= 0.3 is 5.97 Å². The maximum absolute atomic E-state index is 13.2. The zero-order chi connectivity index (χ0) is 23.4. The molecule has 0 aliphatic rings. The molecule has 33 heavy (non-hydrogen) atoms. The molecule has 170 valence electrons. The number of sulfonamides is 1. The number of aromatic nitrogens is 2. The summed E-state index contributed by atoms with van der Waals surface area (Å²) in [6, 6.07) is 17.4. The van der Waals surface area contributed by atoms with Crippen molar-refractivity contribution in [2.75, 3.05) is 0 Å². The highest BCUT2D eigenvalue weighted by Crippen LogP contribution is 2.23. The van der Waals surface area contributed by atoms with Crippen LogP contribution in [0.2, 0.25) is 10.0 Å². The van der Waals surface area contributed by atoms with Crippen LogP contribution in [0, 0.1) is 0 Å². The van der Waals surface area contributed by atoms with E-state index in [0.29, 0.717) is 21.1 Å². The molecular formula is C22H17Cl2N3O4S2. The molecule has 4 rings (SSSR count). The Labute approximate surface area is 204 Å². The van der Waals surface area contributed by atoms with Crippen molar-refractivity contribution in [2.45, 2.75) is 24.0 Å². The summed E-state index contributed by atoms with van der Waals surface area (Å²) in [6.45, 7) is -0.132. The number of benzene rings is 3. The van der Waals surface area contributed by atoms with Gasteiger partial charge in [0.25, 0.3) is 0 Å². The number of hydrogen-bond acceptors (Lipinski definition) is 7. The van der Waals surface area contributed by atoms with Crippen LogP contribution in [-0.2, 0) is 32.6 Å². The van der Waals surface area contributed by atoms with Crippen LogP contribution in [0.3, 0.4) is 0 Å². The van der Waals surface area contributed by atoms with E-state index >= 15 is 0 Å². The fourth-order valence-electron chi connectivity index (χ4n) is 3.16. The fraction of sp³-hybridized carbons (Fsp3) is 0.136. The number of ether oxygens (including phenoxy) is 1. The van der Waals surface area contributed by atoms with Crippen molar-refractivity contribution in [3.05, 3.63) is 87.9 Å². The number of nitrogens with zero attached hydrogens (tertiary/aromatic N) is 2. The molecule has 0 aliphatic heterocycles. The minimum Gasteiger partial charge on any atom is -0.460 e. The number of carbonyl (C=O) groups excluding carboxylic acids is 1. The lowest BCUT2D eigenvalue weighted by Crippen LogP contribution is -2.43. The van der Waals surface area contributed by atoms with Crippen LogP contribution in [0.1, 0.15) is 11.1 Å². The first kappa shape index (κ1) is 23.6. The normalized spacial score (nSPS) is 12.5. The summed E-state index contributed by atoms with van der Waals surface area (Å²) in [5.41, 5.74) is 2.02. The summed E-state index contributed by atoms with van der Waals surface area (Å²) < 4.78 is 42.5. The molecule has 1 atom stereocenters. The number of rotatable bonds is 8. The van der Waals surface area contributed by atoms with E-state index in [-0.39, 0.29) is 23.4 Å². The van der Waals surface area contributed by atoms with Crippen molar-refractivity contribution < 1.29 is 17.9 Å². The zero-order valence-corrected chi connectivity index (χ0v) is 20.1. The second-order valence-electron chi connectivity index (χ2n) is 7.10. The largest absolute Gasteiger partial charge is 0.460 e. The van der Waals surface area contributed by atoms with Gasteiger partial charge < -0.3 is 4.74 Å². The van der Waals surface area contributed by atoms with Gasteiger partial charge in [-0.15, -0.1) is 0 Å². The smallest absolute Gasteiger partial charge is 0.324 e. The second kappa shape index (κ2) is 10.1. The molecule has 1 aromatic heterocycles. The van der Waals surface area contributed by atoms with Crippen LogP contribution in [0.5, 0.6) is 0 Å². The molecule has 0 fully saturated rings. The summed E-state index contributed by atoms with van der Waals surface area (Å²) >= 11 is 13.0.